The molecule has 38 heavy (non-hydrogen) atoms. The number of aryl methyl sites for hydroxylation is 1. The molecule has 1 saturated heterocycles. The minimum atomic E-state index is -0.703. The van der Waals surface area contributed by atoms with E-state index in [0.29, 0.717) is 16.4 Å². The standard InChI is InChI=1S/C27H20BrN3O4S3/c1-14-5-2-3-6-17(14)29-19(32)13-30-26-23(38-27(30)35)20(18-7-4-12-36-18)21-22(37-26)25(34)31(24(21)33)16-10-8-15(28)9-11-16/h2-12,20-22H,13H2,1H3,(H,29,32)/t20-,21?,22?/m1/s1. The summed E-state index contributed by atoms with van der Waals surface area (Å²) in [6, 6.07) is 18.3. The van der Waals surface area contributed by atoms with E-state index in [2.05, 4.69) is 21.2 Å². The second-order valence-electron chi connectivity index (χ2n) is 9.03. The fraction of sp³-hybridized carbons (Fsp3) is 0.185. The number of hydrogen-bond acceptors (Lipinski definition) is 7. The summed E-state index contributed by atoms with van der Waals surface area (Å²) >= 11 is 7.16. The van der Waals surface area contributed by atoms with Crippen molar-refractivity contribution in [3.8, 4) is 0 Å². The zero-order valence-electron chi connectivity index (χ0n) is 19.9. The molecule has 2 unspecified atom stereocenters. The zero-order valence-corrected chi connectivity index (χ0v) is 24.0. The molecule has 0 aliphatic carbocycles. The molecule has 2 aromatic carbocycles. The Morgan fingerprint density at radius 1 is 1.00 bits per heavy atom. The Hall–Kier alpha value is -2.99. The van der Waals surface area contributed by atoms with Crippen LogP contribution in [0.4, 0.5) is 11.4 Å². The second-order valence-corrected chi connectivity index (χ2v) is 13.1. The lowest BCUT2D eigenvalue weighted by atomic mass is 9.87. The Labute approximate surface area is 238 Å². The Morgan fingerprint density at radius 3 is 2.47 bits per heavy atom. The van der Waals surface area contributed by atoms with Crippen molar-refractivity contribution >= 4 is 79.5 Å². The van der Waals surface area contributed by atoms with Gasteiger partial charge in [0.05, 0.1) is 16.6 Å². The van der Waals surface area contributed by atoms with E-state index in [4.69, 9.17) is 0 Å². The number of thiophene rings is 1. The van der Waals surface area contributed by atoms with Crippen molar-refractivity contribution in [2.45, 2.75) is 29.7 Å². The number of anilines is 2. The molecule has 192 valence electrons. The normalized spacial score (nSPS) is 20.4. The molecule has 7 nitrogen and oxygen atoms in total. The fourth-order valence-electron chi connectivity index (χ4n) is 4.92. The van der Waals surface area contributed by atoms with Crippen molar-refractivity contribution in [3.63, 3.8) is 0 Å². The molecule has 0 spiro atoms. The van der Waals surface area contributed by atoms with Crippen LogP contribution < -0.4 is 15.1 Å². The highest BCUT2D eigenvalue weighted by molar-refractivity contribution is 9.10. The highest BCUT2D eigenvalue weighted by Gasteiger charge is 2.57. The lowest BCUT2D eigenvalue weighted by Gasteiger charge is -2.29. The molecule has 1 N–H and O–H groups in total. The van der Waals surface area contributed by atoms with E-state index in [9.17, 15) is 19.2 Å². The minimum Gasteiger partial charge on any atom is -0.324 e. The van der Waals surface area contributed by atoms with Crippen molar-refractivity contribution in [1.82, 2.24) is 4.57 Å². The summed E-state index contributed by atoms with van der Waals surface area (Å²) in [6.45, 7) is 1.72. The first-order valence-electron chi connectivity index (χ1n) is 11.8. The first kappa shape index (κ1) is 25.3. The van der Waals surface area contributed by atoms with Gasteiger partial charge in [-0.05, 0) is 54.3 Å². The summed E-state index contributed by atoms with van der Waals surface area (Å²) in [6.07, 6.45) is 0. The largest absolute Gasteiger partial charge is 0.324 e. The van der Waals surface area contributed by atoms with Gasteiger partial charge >= 0.3 is 4.87 Å². The summed E-state index contributed by atoms with van der Waals surface area (Å²) in [4.78, 5) is 56.3. The Morgan fingerprint density at radius 2 is 1.76 bits per heavy atom. The van der Waals surface area contributed by atoms with E-state index >= 15 is 0 Å². The van der Waals surface area contributed by atoms with E-state index in [1.807, 2.05) is 48.7 Å². The van der Waals surface area contributed by atoms with Gasteiger partial charge in [0, 0.05) is 25.8 Å². The number of thioether (sulfide) groups is 1. The van der Waals surface area contributed by atoms with Crippen LogP contribution >= 0.6 is 50.4 Å². The summed E-state index contributed by atoms with van der Waals surface area (Å²) in [5.74, 6) is -2.00. The first-order valence-corrected chi connectivity index (χ1v) is 15.1. The number of aromatic nitrogens is 1. The number of para-hydroxylation sites is 1. The molecular weight excluding hydrogens is 606 g/mol. The molecule has 6 rings (SSSR count). The average molecular weight is 627 g/mol. The number of imide groups is 1. The average Bonchev–Trinajstić information content (AvgIpc) is 3.59. The molecule has 3 amide bonds. The highest BCUT2D eigenvalue weighted by atomic mass is 79.9. The van der Waals surface area contributed by atoms with Crippen LogP contribution in [0.15, 0.2) is 80.3 Å². The number of amides is 3. The summed E-state index contributed by atoms with van der Waals surface area (Å²) < 4.78 is 2.29. The van der Waals surface area contributed by atoms with Crippen LogP contribution in [0.25, 0.3) is 0 Å². The molecule has 2 aliphatic heterocycles. The number of thiazole rings is 1. The molecular formula is C27H20BrN3O4S3. The van der Waals surface area contributed by atoms with Crippen molar-refractivity contribution in [3.05, 3.63) is 95.5 Å². The molecule has 4 heterocycles. The Kier molecular flexibility index (Phi) is 6.63. The minimum absolute atomic E-state index is 0.181. The van der Waals surface area contributed by atoms with Gasteiger partial charge in [0.15, 0.2) is 0 Å². The smallest absolute Gasteiger partial charge is 0.308 e. The van der Waals surface area contributed by atoms with Gasteiger partial charge < -0.3 is 5.32 Å². The fourth-order valence-corrected chi connectivity index (χ4v) is 8.91. The van der Waals surface area contributed by atoms with Gasteiger partial charge in [0.25, 0.3) is 0 Å². The van der Waals surface area contributed by atoms with Gasteiger partial charge in [-0.25, -0.2) is 4.90 Å². The van der Waals surface area contributed by atoms with Crippen molar-refractivity contribution in [2.24, 2.45) is 5.92 Å². The van der Waals surface area contributed by atoms with Gasteiger partial charge in [0.2, 0.25) is 17.7 Å². The maximum atomic E-state index is 13.8. The molecule has 2 aromatic heterocycles. The molecule has 2 aliphatic rings. The number of benzene rings is 2. The number of nitrogens with zero attached hydrogens (tertiary/aromatic N) is 2. The van der Waals surface area contributed by atoms with Crippen LogP contribution in [0.5, 0.6) is 0 Å². The van der Waals surface area contributed by atoms with E-state index in [1.165, 1.54) is 32.6 Å². The molecule has 3 atom stereocenters. The van der Waals surface area contributed by atoms with Crippen LogP contribution in [0.1, 0.15) is 21.2 Å². The van der Waals surface area contributed by atoms with Crippen molar-refractivity contribution in [1.29, 1.82) is 0 Å². The summed E-state index contributed by atoms with van der Waals surface area (Å²) in [5.41, 5.74) is 2.11. The number of carbonyl (C=O) groups is 3. The van der Waals surface area contributed by atoms with Gasteiger partial charge in [0.1, 0.15) is 11.8 Å². The van der Waals surface area contributed by atoms with Crippen molar-refractivity contribution in [2.75, 3.05) is 10.2 Å². The van der Waals surface area contributed by atoms with Crippen LogP contribution in [0.3, 0.4) is 0 Å². The maximum absolute atomic E-state index is 13.8. The quantitative estimate of drug-likeness (QED) is 0.297. The van der Waals surface area contributed by atoms with Gasteiger partial charge in [-0.1, -0.05) is 63.3 Å². The molecule has 0 bridgehead atoms. The predicted octanol–water partition coefficient (Wildman–Crippen LogP) is 5.48. The monoisotopic (exact) mass is 625 g/mol. The number of nitrogens with one attached hydrogen (secondary N) is 1. The first-order chi connectivity index (χ1) is 18.3. The van der Waals surface area contributed by atoms with Crippen molar-refractivity contribution < 1.29 is 14.4 Å². The van der Waals surface area contributed by atoms with Gasteiger partial charge in [-0.3, -0.25) is 23.7 Å². The number of fused-ring (bicyclic) bond motifs is 2. The molecule has 11 heteroatoms. The van der Waals surface area contributed by atoms with Crippen LogP contribution in [0, 0.1) is 12.8 Å². The van der Waals surface area contributed by atoms with Gasteiger partial charge in [-0.15, -0.1) is 11.3 Å². The Bertz CT molecular complexity index is 1630. The highest BCUT2D eigenvalue weighted by Crippen LogP contribution is 2.54. The maximum Gasteiger partial charge on any atom is 0.308 e. The van der Waals surface area contributed by atoms with Gasteiger partial charge in [-0.2, -0.15) is 0 Å². The second kappa shape index (κ2) is 9.96. The third-order valence-electron chi connectivity index (χ3n) is 6.70. The third-order valence-corrected chi connectivity index (χ3v) is 10.8. The number of hydrogen-bond donors (Lipinski definition) is 1. The van der Waals surface area contributed by atoms with E-state index in [0.717, 1.165) is 31.1 Å². The van der Waals surface area contributed by atoms with Crippen LogP contribution in [-0.2, 0) is 20.9 Å². The lowest BCUT2D eigenvalue weighted by Crippen LogP contribution is -2.32. The lowest BCUT2D eigenvalue weighted by molar-refractivity contribution is -0.122. The predicted molar refractivity (Wildman–Crippen MR) is 154 cm³/mol. The number of halogens is 1. The van der Waals surface area contributed by atoms with E-state index in [-0.39, 0.29) is 29.1 Å². The van der Waals surface area contributed by atoms with E-state index < -0.39 is 17.1 Å². The summed E-state index contributed by atoms with van der Waals surface area (Å²) in [5, 5.41) is 4.69. The zero-order chi connectivity index (χ0) is 26.6. The SMILES string of the molecule is Cc1ccccc1NC(=O)Cn1c2c(sc1=O)[C@H](c1cccs1)C1C(=O)N(c3ccc(Br)cc3)C(=O)C1S2. The topological polar surface area (TPSA) is 88.5 Å². The van der Waals surface area contributed by atoms with E-state index in [1.54, 1.807) is 24.3 Å². The molecule has 0 radical (unpaired) electrons. The Balaban J connectivity index is 1.39. The third kappa shape index (κ3) is 4.27. The molecule has 0 saturated carbocycles. The van der Waals surface area contributed by atoms with Crippen LogP contribution in [0.2, 0.25) is 0 Å². The number of rotatable bonds is 5. The molecule has 4 aromatic rings. The number of carbonyl (C=O) groups excluding carboxylic acids is 3. The summed E-state index contributed by atoms with van der Waals surface area (Å²) in [7, 11) is 0. The molecule has 1 fully saturated rings. The van der Waals surface area contributed by atoms with Crippen LogP contribution in [-0.4, -0.2) is 27.5 Å².